The number of alkyl halides is 3. The Hall–Kier alpha value is -4.60. The van der Waals surface area contributed by atoms with Gasteiger partial charge in [-0.1, -0.05) is 48.5 Å². The lowest BCUT2D eigenvalue weighted by Crippen LogP contribution is -2.36. The van der Waals surface area contributed by atoms with Crippen LogP contribution in [0.1, 0.15) is 24.0 Å². The Kier molecular flexibility index (Phi) is 8.33. The van der Waals surface area contributed by atoms with Gasteiger partial charge in [-0.25, -0.2) is 9.78 Å². The van der Waals surface area contributed by atoms with Gasteiger partial charge in [-0.3, -0.25) is 4.79 Å². The fraction of sp³-hybridized carbons (Fsp3) is 0.207. The lowest BCUT2D eigenvalue weighted by atomic mass is 9.98. The number of aromatic nitrogens is 2. The third-order valence-electron chi connectivity index (χ3n) is 6.25. The monoisotopic (exact) mass is 537 g/mol. The Bertz CT molecular complexity index is 1490. The average molecular weight is 538 g/mol. The highest BCUT2D eigenvalue weighted by atomic mass is 19.4. The maximum absolute atomic E-state index is 13.3. The number of nitrogens with zero attached hydrogens (tertiary/aromatic N) is 3. The number of imidazole rings is 1. The van der Waals surface area contributed by atoms with Crippen molar-refractivity contribution < 1.29 is 32.6 Å². The van der Waals surface area contributed by atoms with Gasteiger partial charge in [0.05, 0.1) is 19.1 Å². The first-order chi connectivity index (χ1) is 18.7. The summed E-state index contributed by atoms with van der Waals surface area (Å²) in [5.41, 5.74) is 3.90. The molecule has 3 aromatic carbocycles. The Labute approximate surface area is 222 Å². The molecular formula is C29H26F3N3O4. The summed E-state index contributed by atoms with van der Waals surface area (Å²) >= 11 is 0. The van der Waals surface area contributed by atoms with Crippen LogP contribution in [0.5, 0.6) is 5.75 Å². The molecule has 1 saturated heterocycles. The number of likely N-dealkylation sites (tertiary alicyclic amines) is 1. The molecule has 202 valence electrons. The molecule has 0 saturated carbocycles. The van der Waals surface area contributed by atoms with Gasteiger partial charge in [-0.15, -0.1) is 0 Å². The maximum Gasteiger partial charge on any atom is 0.490 e. The zero-order chi connectivity index (χ0) is 28.0. The molecular weight excluding hydrogens is 511 g/mol. The first-order valence-electron chi connectivity index (χ1n) is 12.1. The van der Waals surface area contributed by atoms with Gasteiger partial charge in [-0.05, 0) is 52.9 Å². The molecule has 1 amide bonds. The van der Waals surface area contributed by atoms with Crippen molar-refractivity contribution >= 4 is 28.7 Å². The number of ether oxygens (including phenoxy) is 1. The predicted octanol–water partition coefficient (Wildman–Crippen LogP) is 5.87. The number of carbonyl (C=O) groups is 2. The van der Waals surface area contributed by atoms with Crippen molar-refractivity contribution in [3.05, 3.63) is 96.1 Å². The molecule has 0 bridgehead atoms. The van der Waals surface area contributed by atoms with Crippen LogP contribution in [-0.2, 0) is 16.1 Å². The number of benzene rings is 3. The van der Waals surface area contributed by atoms with Gasteiger partial charge in [0.25, 0.3) is 0 Å². The molecule has 1 aliphatic rings. The highest BCUT2D eigenvalue weighted by Gasteiger charge is 2.38. The molecule has 1 aromatic heterocycles. The van der Waals surface area contributed by atoms with E-state index < -0.39 is 12.1 Å². The predicted molar refractivity (Wildman–Crippen MR) is 140 cm³/mol. The van der Waals surface area contributed by atoms with E-state index in [0.29, 0.717) is 6.54 Å². The summed E-state index contributed by atoms with van der Waals surface area (Å²) in [6.45, 7) is 1.41. The summed E-state index contributed by atoms with van der Waals surface area (Å²) in [6.07, 6.45) is 4.03. The van der Waals surface area contributed by atoms with E-state index in [1.54, 1.807) is 19.6 Å². The number of amides is 1. The second-order valence-corrected chi connectivity index (χ2v) is 8.84. The van der Waals surface area contributed by atoms with Crippen molar-refractivity contribution in [1.29, 1.82) is 0 Å². The Morgan fingerprint density at radius 1 is 1.13 bits per heavy atom. The third kappa shape index (κ3) is 6.64. The standard InChI is InChI=1S/C27H25N3O2.C2HF3O2/c1-32-26-17-20(11-12-25(26)30-15-13-28-19-30)16-22-9-5-14-29(27(22)31)18-23-8-4-7-21-6-2-3-10-24(21)23;3-2(4,5)1(6)7/h2-4,6-8,10-13,15-17,19H,5,9,14,18H2,1H3;(H,6,7)/b22-16+;. The second kappa shape index (κ2) is 11.8. The number of piperidine rings is 1. The number of carboxylic acids is 1. The van der Waals surface area contributed by atoms with Crippen LogP contribution < -0.4 is 4.74 Å². The van der Waals surface area contributed by atoms with Crippen molar-refractivity contribution in [2.75, 3.05) is 13.7 Å². The van der Waals surface area contributed by atoms with E-state index in [-0.39, 0.29) is 5.91 Å². The van der Waals surface area contributed by atoms with Gasteiger partial charge >= 0.3 is 12.1 Å². The first kappa shape index (κ1) is 27.4. The summed E-state index contributed by atoms with van der Waals surface area (Å²) in [5, 5.41) is 9.54. The van der Waals surface area contributed by atoms with Crippen molar-refractivity contribution in [2.24, 2.45) is 0 Å². The molecule has 10 heteroatoms. The summed E-state index contributed by atoms with van der Waals surface area (Å²) in [7, 11) is 1.66. The van der Waals surface area contributed by atoms with Gasteiger partial charge < -0.3 is 19.3 Å². The average Bonchev–Trinajstić information content (AvgIpc) is 3.46. The number of carbonyl (C=O) groups excluding carboxylic acids is 1. The van der Waals surface area contributed by atoms with E-state index in [1.807, 2.05) is 46.0 Å². The molecule has 1 fully saturated rings. The van der Waals surface area contributed by atoms with E-state index >= 15 is 0 Å². The van der Waals surface area contributed by atoms with E-state index in [0.717, 1.165) is 42.0 Å². The summed E-state index contributed by atoms with van der Waals surface area (Å²) in [6, 6.07) is 20.6. The fourth-order valence-electron chi connectivity index (χ4n) is 4.39. The van der Waals surface area contributed by atoms with Gasteiger partial charge in [0, 0.05) is 31.1 Å². The number of fused-ring (bicyclic) bond motifs is 1. The number of methoxy groups -OCH3 is 1. The Morgan fingerprint density at radius 2 is 1.87 bits per heavy atom. The largest absolute Gasteiger partial charge is 0.495 e. The molecule has 0 unspecified atom stereocenters. The normalized spacial score (nSPS) is 14.7. The molecule has 0 radical (unpaired) electrons. The number of hydrogen-bond donors (Lipinski definition) is 1. The number of rotatable bonds is 5. The fourth-order valence-corrected chi connectivity index (χ4v) is 4.39. The number of aliphatic carboxylic acids is 1. The molecule has 0 spiro atoms. The minimum atomic E-state index is -5.08. The van der Waals surface area contributed by atoms with Crippen molar-refractivity contribution in [3.63, 3.8) is 0 Å². The number of hydrogen-bond acceptors (Lipinski definition) is 4. The zero-order valence-electron chi connectivity index (χ0n) is 21.1. The third-order valence-corrected chi connectivity index (χ3v) is 6.25. The number of halogens is 3. The van der Waals surface area contributed by atoms with Crippen LogP contribution in [0.15, 0.2) is 85.0 Å². The molecule has 1 aliphatic heterocycles. The molecule has 0 atom stereocenters. The van der Waals surface area contributed by atoms with Crippen LogP contribution in [0.3, 0.4) is 0 Å². The smallest absolute Gasteiger partial charge is 0.490 e. The zero-order valence-corrected chi connectivity index (χ0v) is 21.1. The van der Waals surface area contributed by atoms with Crippen LogP contribution >= 0.6 is 0 Å². The summed E-state index contributed by atoms with van der Waals surface area (Å²) < 4.78 is 39.2. The van der Waals surface area contributed by atoms with Crippen molar-refractivity contribution in [1.82, 2.24) is 14.5 Å². The number of carboxylic acid groups (broad SMARTS) is 1. The SMILES string of the molecule is COc1cc(/C=C2\CCCN(Cc3cccc4ccccc34)C2=O)ccc1-n1ccnc1.O=C(O)C(F)(F)F. The molecule has 1 N–H and O–H groups in total. The molecule has 5 rings (SSSR count). The van der Waals surface area contributed by atoms with Gasteiger partial charge in [-0.2, -0.15) is 13.2 Å². The Balaban J connectivity index is 0.000000448. The Morgan fingerprint density at radius 3 is 2.56 bits per heavy atom. The van der Waals surface area contributed by atoms with Crippen LogP contribution in [0.25, 0.3) is 22.5 Å². The van der Waals surface area contributed by atoms with E-state index in [2.05, 4.69) is 41.4 Å². The van der Waals surface area contributed by atoms with E-state index in [9.17, 15) is 18.0 Å². The summed E-state index contributed by atoms with van der Waals surface area (Å²) in [4.78, 5) is 28.3. The van der Waals surface area contributed by atoms with E-state index in [4.69, 9.17) is 14.6 Å². The lowest BCUT2D eigenvalue weighted by molar-refractivity contribution is -0.192. The van der Waals surface area contributed by atoms with Crippen molar-refractivity contribution in [2.45, 2.75) is 25.6 Å². The van der Waals surface area contributed by atoms with Crippen LogP contribution in [-0.4, -0.2) is 51.3 Å². The second-order valence-electron chi connectivity index (χ2n) is 8.84. The minimum absolute atomic E-state index is 0.113. The van der Waals surface area contributed by atoms with Crippen LogP contribution in [0, 0.1) is 0 Å². The molecule has 2 heterocycles. The lowest BCUT2D eigenvalue weighted by Gasteiger charge is -2.29. The quantitative estimate of drug-likeness (QED) is 0.322. The molecule has 0 aliphatic carbocycles. The highest BCUT2D eigenvalue weighted by Crippen LogP contribution is 2.28. The van der Waals surface area contributed by atoms with Crippen molar-refractivity contribution in [3.8, 4) is 11.4 Å². The summed E-state index contributed by atoms with van der Waals surface area (Å²) in [5.74, 6) is -1.90. The van der Waals surface area contributed by atoms with Crippen LogP contribution in [0.2, 0.25) is 0 Å². The van der Waals surface area contributed by atoms with Gasteiger partial charge in [0.2, 0.25) is 5.91 Å². The topological polar surface area (TPSA) is 84.7 Å². The van der Waals surface area contributed by atoms with Gasteiger partial charge in [0.15, 0.2) is 0 Å². The molecule has 39 heavy (non-hydrogen) atoms. The van der Waals surface area contributed by atoms with Gasteiger partial charge in [0.1, 0.15) is 5.75 Å². The first-order valence-corrected chi connectivity index (χ1v) is 12.1. The maximum atomic E-state index is 13.3. The van der Waals surface area contributed by atoms with Crippen LogP contribution in [0.4, 0.5) is 13.2 Å². The van der Waals surface area contributed by atoms with E-state index in [1.165, 1.54) is 16.3 Å². The molecule has 7 nitrogen and oxygen atoms in total. The molecule has 4 aromatic rings. The minimum Gasteiger partial charge on any atom is -0.495 e. The highest BCUT2D eigenvalue weighted by molar-refractivity contribution is 5.99.